The maximum atomic E-state index is 13.0. The van der Waals surface area contributed by atoms with Crippen LogP contribution in [0.15, 0.2) is 12.1 Å². The number of methoxy groups -OCH3 is 1. The number of halogens is 2. The van der Waals surface area contributed by atoms with Gasteiger partial charge in [0.1, 0.15) is 5.82 Å². The van der Waals surface area contributed by atoms with Crippen molar-refractivity contribution in [3.8, 4) is 0 Å². The molecule has 76 valence electrons. The maximum Gasteiger partial charge on any atom is 0.338 e. The molecule has 0 unspecified atom stereocenters. The summed E-state index contributed by atoms with van der Waals surface area (Å²) in [5.41, 5.74) is 1.46. The van der Waals surface area contributed by atoms with E-state index in [0.29, 0.717) is 11.1 Å². The Morgan fingerprint density at radius 3 is 2.71 bits per heavy atom. The summed E-state index contributed by atoms with van der Waals surface area (Å²) in [6.45, 7) is 1.70. The van der Waals surface area contributed by atoms with Crippen molar-refractivity contribution in [1.82, 2.24) is 0 Å². The van der Waals surface area contributed by atoms with Crippen LogP contribution in [0.5, 0.6) is 0 Å². The fourth-order valence-corrected chi connectivity index (χ4v) is 1.60. The Morgan fingerprint density at radius 2 is 2.21 bits per heavy atom. The van der Waals surface area contributed by atoms with E-state index in [9.17, 15) is 9.18 Å². The number of aryl methyl sites for hydroxylation is 1. The van der Waals surface area contributed by atoms with Crippen LogP contribution in [-0.2, 0) is 10.6 Å². The number of ether oxygens (including phenoxy) is 1. The minimum Gasteiger partial charge on any atom is -0.465 e. The largest absolute Gasteiger partial charge is 0.465 e. The van der Waals surface area contributed by atoms with Gasteiger partial charge in [0.2, 0.25) is 0 Å². The molecular weight excluding hydrogens is 207 g/mol. The van der Waals surface area contributed by atoms with E-state index in [0.717, 1.165) is 6.07 Å². The van der Waals surface area contributed by atoms with Gasteiger partial charge in [0.05, 0.1) is 12.7 Å². The first-order valence-electron chi connectivity index (χ1n) is 4.03. The minimum atomic E-state index is -0.566. The topological polar surface area (TPSA) is 26.3 Å². The zero-order valence-corrected chi connectivity index (χ0v) is 8.69. The van der Waals surface area contributed by atoms with Gasteiger partial charge < -0.3 is 4.74 Å². The van der Waals surface area contributed by atoms with Crippen molar-refractivity contribution in [3.63, 3.8) is 0 Å². The average Bonchev–Trinajstić information content (AvgIpc) is 2.15. The average molecular weight is 217 g/mol. The fraction of sp³-hybridized carbons (Fsp3) is 0.300. The molecule has 0 saturated heterocycles. The Kier molecular flexibility index (Phi) is 3.47. The molecule has 0 aliphatic heterocycles. The molecule has 0 saturated carbocycles. The molecule has 1 aromatic rings. The van der Waals surface area contributed by atoms with Crippen LogP contribution in [0.4, 0.5) is 4.39 Å². The molecule has 0 amide bonds. The van der Waals surface area contributed by atoms with Gasteiger partial charge in [-0.1, -0.05) is 0 Å². The number of benzene rings is 1. The molecule has 0 N–H and O–H groups in total. The molecule has 0 aromatic heterocycles. The lowest BCUT2D eigenvalue weighted by Gasteiger charge is -2.08. The molecule has 0 atom stereocenters. The van der Waals surface area contributed by atoms with E-state index in [1.165, 1.54) is 13.2 Å². The van der Waals surface area contributed by atoms with Crippen LogP contribution in [0, 0.1) is 12.7 Å². The molecule has 0 fully saturated rings. The number of rotatable bonds is 2. The summed E-state index contributed by atoms with van der Waals surface area (Å²) in [6, 6.07) is 2.47. The van der Waals surface area contributed by atoms with Crippen molar-refractivity contribution in [2.75, 3.05) is 7.11 Å². The van der Waals surface area contributed by atoms with E-state index in [2.05, 4.69) is 4.74 Å². The molecule has 4 heteroatoms. The summed E-state index contributed by atoms with van der Waals surface area (Å²) in [6.07, 6.45) is 0. The van der Waals surface area contributed by atoms with Gasteiger partial charge in [-0.05, 0) is 30.2 Å². The Hall–Kier alpha value is -1.09. The minimum absolute atomic E-state index is 0.163. The quantitative estimate of drug-likeness (QED) is 0.561. The number of carbonyl (C=O) groups is 1. The van der Waals surface area contributed by atoms with E-state index in [1.807, 2.05) is 0 Å². The van der Waals surface area contributed by atoms with Crippen LogP contribution in [0.1, 0.15) is 21.5 Å². The zero-order chi connectivity index (χ0) is 10.7. The van der Waals surface area contributed by atoms with Gasteiger partial charge in [0.25, 0.3) is 0 Å². The smallest absolute Gasteiger partial charge is 0.338 e. The van der Waals surface area contributed by atoms with E-state index in [4.69, 9.17) is 11.6 Å². The van der Waals surface area contributed by atoms with Gasteiger partial charge in [0, 0.05) is 5.88 Å². The number of alkyl halides is 1. The van der Waals surface area contributed by atoms with Crippen LogP contribution in [-0.4, -0.2) is 13.1 Å². The van der Waals surface area contributed by atoms with Crippen molar-refractivity contribution < 1.29 is 13.9 Å². The lowest BCUT2D eigenvalue weighted by atomic mass is 10.0. The first-order chi connectivity index (χ1) is 6.60. The molecule has 0 aliphatic rings. The first kappa shape index (κ1) is 11.0. The normalized spacial score (nSPS) is 10.0. The number of carbonyl (C=O) groups excluding carboxylic acids is 1. The summed E-state index contributed by atoms with van der Waals surface area (Å²) in [5, 5.41) is 0. The molecule has 0 bridgehead atoms. The molecule has 1 aromatic carbocycles. The summed E-state index contributed by atoms with van der Waals surface area (Å²) < 4.78 is 17.5. The summed E-state index contributed by atoms with van der Waals surface area (Å²) in [7, 11) is 1.25. The van der Waals surface area contributed by atoms with E-state index < -0.39 is 11.8 Å². The van der Waals surface area contributed by atoms with Crippen molar-refractivity contribution in [2.45, 2.75) is 12.8 Å². The molecule has 0 aliphatic carbocycles. The maximum absolute atomic E-state index is 13.0. The summed E-state index contributed by atoms with van der Waals surface area (Å²) >= 11 is 5.66. The van der Waals surface area contributed by atoms with Crippen LogP contribution in [0.3, 0.4) is 0 Å². The highest BCUT2D eigenvalue weighted by molar-refractivity contribution is 6.17. The van der Waals surface area contributed by atoms with E-state index in [-0.39, 0.29) is 11.4 Å². The highest BCUT2D eigenvalue weighted by atomic mass is 35.5. The molecule has 14 heavy (non-hydrogen) atoms. The van der Waals surface area contributed by atoms with Crippen LogP contribution >= 0.6 is 11.6 Å². The Morgan fingerprint density at radius 1 is 1.57 bits per heavy atom. The molecule has 0 radical (unpaired) electrons. The lowest BCUT2D eigenvalue weighted by molar-refractivity contribution is 0.0599. The highest BCUT2D eigenvalue weighted by Crippen LogP contribution is 2.19. The first-order valence-corrected chi connectivity index (χ1v) is 4.57. The summed E-state index contributed by atoms with van der Waals surface area (Å²) in [4.78, 5) is 11.3. The molecule has 0 spiro atoms. The highest BCUT2D eigenvalue weighted by Gasteiger charge is 2.14. The zero-order valence-electron chi connectivity index (χ0n) is 7.93. The summed E-state index contributed by atoms with van der Waals surface area (Å²) in [5.74, 6) is -0.865. The van der Waals surface area contributed by atoms with Gasteiger partial charge in [-0.2, -0.15) is 0 Å². The van der Waals surface area contributed by atoms with Gasteiger partial charge in [-0.25, -0.2) is 9.18 Å². The van der Waals surface area contributed by atoms with Gasteiger partial charge in [0.15, 0.2) is 0 Å². The Bertz CT molecular complexity index is 363. The van der Waals surface area contributed by atoms with Crippen molar-refractivity contribution in [3.05, 3.63) is 34.6 Å². The predicted octanol–water partition coefficient (Wildman–Crippen LogP) is 2.66. The van der Waals surface area contributed by atoms with Gasteiger partial charge in [-0.3, -0.25) is 0 Å². The van der Waals surface area contributed by atoms with Gasteiger partial charge >= 0.3 is 5.97 Å². The van der Waals surface area contributed by atoms with E-state index in [1.54, 1.807) is 6.92 Å². The third-order valence-electron chi connectivity index (χ3n) is 1.98. The number of hydrogen-bond donors (Lipinski definition) is 0. The van der Waals surface area contributed by atoms with Crippen molar-refractivity contribution >= 4 is 17.6 Å². The molecular formula is C10H10ClFO2. The van der Waals surface area contributed by atoms with E-state index >= 15 is 0 Å². The SMILES string of the molecule is COC(=O)c1cc(F)cc(C)c1CCl. The third kappa shape index (κ3) is 2.04. The Labute approximate surface area is 86.6 Å². The molecule has 2 nitrogen and oxygen atoms in total. The monoisotopic (exact) mass is 216 g/mol. The second kappa shape index (κ2) is 4.42. The number of hydrogen-bond acceptors (Lipinski definition) is 2. The third-order valence-corrected chi connectivity index (χ3v) is 2.24. The Balaban J connectivity index is 3.32. The second-order valence-corrected chi connectivity index (χ2v) is 3.14. The van der Waals surface area contributed by atoms with Crippen LogP contribution in [0.2, 0.25) is 0 Å². The van der Waals surface area contributed by atoms with Gasteiger partial charge in [-0.15, -0.1) is 11.6 Å². The lowest BCUT2D eigenvalue weighted by Crippen LogP contribution is -2.07. The number of esters is 1. The van der Waals surface area contributed by atoms with Crippen LogP contribution < -0.4 is 0 Å². The standard InChI is InChI=1S/C10H10ClFO2/c1-6-3-7(12)4-8(9(6)5-11)10(13)14-2/h3-4H,5H2,1-2H3. The second-order valence-electron chi connectivity index (χ2n) is 2.87. The van der Waals surface area contributed by atoms with Crippen molar-refractivity contribution in [2.24, 2.45) is 0 Å². The van der Waals surface area contributed by atoms with Crippen LogP contribution in [0.25, 0.3) is 0 Å². The predicted molar refractivity (Wildman–Crippen MR) is 52.0 cm³/mol. The fourth-order valence-electron chi connectivity index (χ4n) is 1.24. The van der Waals surface area contributed by atoms with Crippen molar-refractivity contribution in [1.29, 1.82) is 0 Å². The molecule has 1 rings (SSSR count). The molecule has 0 heterocycles.